The number of hydrogen-bond donors (Lipinski definition) is 0. The number of carbonyl (C=O) groups excluding carboxylic acids is 1. The smallest absolute Gasteiger partial charge is 0.339 e. The quantitative estimate of drug-likeness (QED) is 0.756. The van der Waals surface area contributed by atoms with Crippen molar-refractivity contribution in [3.05, 3.63) is 33.8 Å². The third-order valence-electron chi connectivity index (χ3n) is 3.16. The van der Waals surface area contributed by atoms with Gasteiger partial charge in [0.1, 0.15) is 0 Å². The molecule has 1 heterocycles. The Morgan fingerprint density at radius 3 is 2.32 bits per heavy atom. The van der Waals surface area contributed by atoms with Gasteiger partial charge < -0.3 is 4.90 Å². The first-order valence-electron chi connectivity index (χ1n) is 6.05. The number of carbonyl (C=O) groups is 1. The van der Waals surface area contributed by atoms with Crippen molar-refractivity contribution >= 4 is 21.8 Å². The number of hydrogen-bond acceptors (Lipinski definition) is 1. The van der Waals surface area contributed by atoms with Crippen LogP contribution in [0.1, 0.15) is 35.2 Å². The van der Waals surface area contributed by atoms with Crippen LogP contribution < -0.4 is 0 Å². The molecule has 0 N–H and O–H groups in total. The first-order chi connectivity index (χ1) is 8.89. The Labute approximate surface area is 117 Å². The topological polar surface area (TPSA) is 20.3 Å². The van der Waals surface area contributed by atoms with Gasteiger partial charge in [0.15, 0.2) is 0 Å². The fraction of sp³-hybridized carbons (Fsp3) is 0.462. The first-order valence-corrected chi connectivity index (χ1v) is 6.85. The Bertz CT molecular complexity index is 481. The molecule has 1 saturated heterocycles. The van der Waals surface area contributed by atoms with Gasteiger partial charge in [-0.05, 0) is 37.5 Å². The van der Waals surface area contributed by atoms with Crippen molar-refractivity contribution in [2.45, 2.75) is 25.4 Å². The van der Waals surface area contributed by atoms with Crippen molar-refractivity contribution in [3.8, 4) is 0 Å². The average molecular weight is 336 g/mol. The van der Waals surface area contributed by atoms with Crippen molar-refractivity contribution in [1.82, 2.24) is 4.90 Å². The third-order valence-corrected chi connectivity index (χ3v) is 3.82. The molecule has 104 valence electrons. The van der Waals surface area contributed by atoms with Crippen LogP contribution >= 0.6 is 15.9 Å². The van der Waals surface area contributed by atoms with Crippen LogP contribution in [0.2, 0.25) is 0 Å². The minimum absolute atomic E-state index is 0.0946. The molecule has 0 saturated carbocycles. The molecule has 2 rings (SSSR count). The second-order valence-electron chi connectivity index (χ2n) is 4.55. The van der Waals surface area contributed by atoms with Gasteiger partial charge in [0, 0.05) is 23.1 Å². The van der Waals surface area contributed by atoms with Crippen LogP contribution in [0, 0.1) is 0 Å². The van der Waals surface area contributed by atoms with E-state index in [0.29, 0.717) is 18.7 Å². The molecule has 1 amide bonds. The second kappa shape index (κ2) is 5.53. The van der Waals surface area contributed by atoms with E-state index in [2.05, 4.69) is 15.9 Å². The van der Waals surface area contributed by atoms with Crippen LogP contribution in [-0.4, -0.2) is 23.9 Å². The van der Waals surface area contributed by atoms with E-state index in [1.807, 2.05) is 0 Å². The van der Waals surface area contributed by atoms with Crippen molar-refractivity contribution in [2.24, 2.45) is 0 Å². The molecule has 0 aromatic heterocycles. The van der Waals surface area contributed by atoms with E-state index in [0.717, 1.165) is 25.3 Å². The predicted octanol–water partition coefficient (Wildman–Crippen LogP) is 4.09. The van der Waals surface area contributed by atoms with Gasteiger partial charge in [0.2, 0.25) is 0 Å². The molecule has 1 aromatic carbocycles. The van der Waals surface area contributed by atoms with Crippen LogP contribution in [0.5, 0.6) is 0 Å². The lowest BCUT2D eigenvalue weighted by Gasteiger charge is -2.27. The van der Waals surface area contributed by atoms with Gasteiger partial charge in [0.05, 0.1) is 5.56 Å². The molecule has 1 aliphatic rings. The highest BCUT2D eigenvalue weighted by Gasteiger charge is 2.33. The zero-order valence-corrected chi connectivity index (χ0v) is 11.7. The predicted molar refractivity (Wildman–Crippen MR) is 68.9 cm³/mol. The third kappa shape index (κ3) is 3.29. The summed E-state index contributed by atoms with van der Waals surface area (Å²) in [6, 6.07) is 3.44. The van der Waals surface area contributed by atoms with Crippen LogP contribution in [0.25, 0.3) is 0 Å². The number of benzene rings is 1. The van der Waals surface area contributed by atoms with Gasteiger partial charge in [-0.1, -0.05) is 15.9 Å². The fourth-order valence-electron chi connectivity index (χ4n) is 2.16. The summed E-state index contributed by atoms with van der Waals surface area (Å²) < 4.78 is 37.7. The van der Waals surface area contributed by atoms with Crippen LogP contribution in [0.4, 0.5) is 13.2 Å². The molecule has 19 heavy (non-hydrogen) atoms. The summed E-state index contributed by atoms with van der Waals surface area (Å²) in [5, 5.41) is 0. The lowest BCUT2D eigenvalue weighted by atomic mass is 10.1. The highest BCUT2D eigenvalue weighted by Crippen LogP contribution is 2.35. The van der Waals surface area contributed by atoms with E-state index in [1.54, 1.807) is 4.90 Å². The Kier molecular flexibility index (Phi) is 4.18. The molecule has 0 bridgehead atoms. The van der Waals surface area contributed by atoms with Gasteiger partial charge in [-0.2, -0.15) is 13.2 Å². The summed E-state index contributed by atoms with van der Waals surface area (Å²) in [6.45, 7) is 1.36. The van der Waals surface area contributed by atoms with E-state index < -0.39 is 11.7 Å². The number of piperidine rings is 1. The summed E-state index contributed by atoms with van der Waals surface area (Å²) in [6.07, 6.45) is -1.41. The number of amides is 1. The van der Waals surface area contributed by atoms with Crippen LogP contribution in [0.3, 0.4) is 0 Å². The van der Waals surface area contributed by atoms with Gasteiger partial charge >= 0.3 is 6.18 Å². The summed E-state index contributed by atoms with van der Waals surface area (Å²) >= 11 is 2.88. The number of alkyl halides is 3. The van der Waals surface area contributed by atoms with E-state index in [9.17, 15) is 18.0 Å². The Morgan fingerprint density at radius 2 is 1.79 bits per heavy atom. The van der Waals surface area contributed by atoms with Crippen LogP contribution in [0.15, 0.2) is 22.7 Å². The van der Waals surface area contributed by atoms with Gasteiger partial charge in [-0.3, -0.25) is 4.79 Å². The number of nitrogens with zero attached hydrogens (tertiary/aromatic N) is 1. The summed E-state index contributed by atoms with van der Waals surface area (Å²) in [7, 11) is 0. The summed E-state index contributed by atoms with van der Waals surface area (Å²) in [4.78, 5) is 13.8. The fourth-order valence-corrected chi connectivity index (χ4v) is 2.76. The molecule has 0 atom stereocenters. The maximum absolute atomic E-state index is 12.6. The Morgan fingerprint density at radius 1 is 1.16 bits per heavy atom. The molecule has 6 heteroatoms. The number of rotatable bonds is 1. The molecule has 0 unspecified atom stereocenters. The molecular weight excluding hydrogens is 323 g/mol. The average Bonchev–Trinajstić information content (AvgIpc) is 2.37. The van der Waals surface area contributed by atoms with Crippen molar-refractivity contribution < 1.29 is 18.0 Å². The number of halogens is 4. The molecule has 0 aliphatic carbocycles. The zero-order chi connectivity index (χ0) is 14.0. The summed E-state index contributed by atoms with van der Waals surface area (Å²) in [5.74, 6) is -0.200. The normalized spacial score (nSPS) is 16.5. The molecule has 2 nitrogen and oxygen atoms in total. The monoisotopic (exact) mass is 335 g/mol. The minimum atomic E-state index is -4.41. The largest absolute Gasteiger partial charge is 0.417 e. The van der Waals surface area contributed by atoms with E-state index in [-0.39, 0.29) is 10.4 Å². The number of likely N-dealkylation sites (tertiary alicyclic amines) is 1. The second-order valence-corrected chi connectivity index (χ2v) is 5.40. The van der Waals surface area contributed by atoms with E-state index >= 15 is 0 Å². The van der Waals surface area contributed by atoms with E-state index in [1.165, 1.54) is 12.1 Å². The van der Waals surface area contributed by atoms with Crippen LogP contribution in [-0.2, 0) is 6.18 Å². The highest BCUT2D eigenvalue weighted by atomic mass is 79.9. The molecule has 1 aromatic rings. The summed E-state index contributed by atoms with van der Waals surface area (Å²) in [5.41, 5.74) is -0.468. The SMILES string of the molecule is O=C(c1ccc(C(F)(F)F)c(Br)c1)N1CCCCC1. The maximum atomic E-state index is 12.6. The molecule has 1 fully saturated rings. The van der Waals surface area contributed by atoms with Gasteiger partial charge in [-0.25, -0.2) is 0 Å². The lowest BCUT2D eigenvalue weighted by Crippen LogP contribution is -2.35. The molecule has 1 aliphatic heterocycles. The maximum Gasteiger partial charge on any atom is 0.417 e. The minimum Gasteiger partial charge on any atom is -0.339 e. The molecule has 0 radical (unpaired) electrons. The zero-order valence-electron chi connectivity index (χ0n) is 10.1. The van der Waals surface area contributed by atoms with Crippen molar-refractivity contribution in [1.29, 1.82) is 0 Å². The van der Waals surface area contributed by atoms with E-state index in [4.69, 9.17) is 0 Å². The standard InChI is InChI=1S/C13H13BrF3NO/c14-11-8-9(4-5-10(11)13(15,16)17)12(19)18-6-2-1-3-7-18/h4-5,8H,1-3,6-7H2. The Hall–Kier alpha value is -1.04. The lowest BCUT2D eigenvalue weighted by molar-refractivity contribution is -0.138. The van der Waals surface area contributed by atoms with Crippen molar-refractivity contribution in [2.75, 3.05) is 13.1 Å². The van der Waals surface area contributed by atoms with Gasteiger partial charge in [0.25, 0.3) is 5.91 Å². The molecular formula is C13H13BrF3NO. The molecule has 0 spiro atoms. The van der Waals surface area contributed by atoms with Gasteiger partial charge in [-0.15, -0.1) is 0 Å². The Balaban J connectivity index is 2.22. The van der Waals surface area contributed by atoms with Crippen molar-refractivity contribution in [3.63, 3.8) is 0 Å². The highest BCUT2D eigenvalue weighted by molar-refractivity contribution is 9.10. The first kappa shape index (κ1) is 14.4.